The first-order valence-electron chi connectivity index (χ1n) is 5.60. The van der Waals surface area contributed by atoms with Crippen LogP contribution in [0.4, 0.5) is 5.69 Å². The van der Waals surface area contributed by atoms with E-state index in [0.29, 0.717) is 18.1 Å². The first-order valence-corrected chi connectivity index (χ1v) is 5.97. The second kappa shape index (κ2) is 4.94. The zero-order valence-corrected chi connectivity index (χ0v) is 10.6. The minimum Gasteiger partial charge on any atom is -0.360 e. The fourth-order valence-corrected chi connectivity index (χ4v) is 2.26. The van der Waals surface area contributed by atoms with Gasteiger partial charge < -0.3 is 15.5 Å². The van der Waals surface area contributed by atoms with Crippen molar-refractivity contribution in [3.05, 3.63) is 28.8 Å². The van der Waals surface area contributed by atoms with Crippen molar-refractivity contribution in [1.82, 2.24) is 4.90 Å². The molecule has 2 rings (SSSR count). The number of halogens is 1. The highest BCUT2D eigenvalue weighted by atomic mass is 35.5. The van der Waals surface area contributed by atoms with Crippen molar-refractivity contribution >= 4 is 23.2 Å². The van der Waals surface area contributed by atoms with Crippen LogP contribution in [0.25, 0.3) is 0 Å². The van der Waals surface area contributed by atoms with E-state index in [9.17, 15) is 4.79 Å². The number of piperazine rings is 1. The number of amides is 1. The van der Waals surface area contributed by atoms with E-state index in [1.807, 2.05) is 30.1 Å². The van der Waals surface area contributed by atoms with Crippen LogP contribution in [0.15, 0.2) is 18.2 Å². The number of carbonyl (C=O) groups is 1. The van der Waals surface area contributed by atoms with Crippen LogP contribution in [0.2, 0.25) is 5.02 Å². The molecule has 0 spiro atoms. The summed E-state index contributed by atoms with van der Waals surface area (Å²) >= 11 is 6.11. The van der Waals surface area contributed by atoms with E-state index in [2.05, 4.69) is 0 Å². The number of carbonyl (C=O) groups excluding carboxylic acids is 1. The molecule has 1 heterocycles. The van der Waals surface area contributed by atoms with Crippen LogP contribution >= 0.6 is 11.6 Å². The number of anilines is 1. The smallest absolute Gasteiger partial charge is 0.241 e. The minimum absolute atomic E-state index is 0.124. The molecule has 1 amide bonds. The normalized spacial score (nSPS) is 16.5. The van der Waals surface area contributed by atoms with Crippen molar-refractivity contribution in [3.8, 4) is 0 Å². The third-order valence-corrected chi connectivity index (χ3v) is 3.45. The molecular formula is C12H16ClN3O. The molecule has 0 unspecified atom stereocenters. The summed E-state index contributed by atoms with van der Waals surface area (Å²) in [6.07, 6.45) is 0. The second-order valence-corrected chi connectivity index (χ2v) is 4.59. The second-order valence-electron chi connectivity index (χ2n) is 4.18. The van der Waals surface area contributed by atoms with Crippen molar-refractivity contribution < 1.29 is 4.79 Å². The molecule has 1 fully saturated rings. The molecule has 17 heavy (non-hydrogen) atoms. The number of rotatable bonds is 2. The molecule has 1 saturated heterocycles. The number of benzene rings is 1. The first kappa shape index (κ1) is 12.2. The standard InChI is InChI=1S/C12H16ClN3O/c1-15-5-6-16(8-12(15)17)11-4-2-3-10(13)9(11)7-14/h2-4H,5-8,14H2,1H3. The summed E-state index contributed by atoms with van der Waals surface area (Å²) in [7, 11) is 1.82. The van der Waals surface area contributed by atoms with Gasteiger partial charge in [0.1, 0.15) is 0 Å². The van der Waals surface area contributed by atoms with E-state index in [1.54, 1.807) is 4.90 Å². The maximum absolute atomic E-state index is 11.7. The summed E-state index contributed by atoms with van der Waals surface area (Å²) in [6, 6.07) is 5.68. The molecule has 4 nitrogen and oxygen atoms in total. The molecule has 0 aromatic heterocycles. The Hall–Kier alpha value is -1.26. The van der Waals surface area contributed by atoms with Crippen LogP contribution in [0.3, 0.4) is 0 Å². The monoisotopic (exact) mass is 253 g/mol. The van der Waals surface area contributed by atoms with E-state index in [1.165, 1.54) is 0 Å². The van der Waals surface area contributed by atoms with Gasteiger partial charge >= 0.3 is 0 Å². The molecule has 5 heteroatoms. The lowest BCUT2D eigenvalue weighted by Crippen LogP contribution is -2.48. The molecule has 0 atom stereocenters. The van der Waals surface area contributed by atoms with Crippen LogP contribution in [-0.2, 0) is 11.3 Å². The Kier molecular flexibility index (Phi) is 3.54. The summed E-state index contributed by atoms with van der Waals surface area (Å²) in [5.41, 5.74) is 7.60. The Bertz CT molecular complexity index is 436. The minimum atomic E-state index is 0.124. The molecule has 1 aromatic rings. The molecule has 1 aliphatic heterocycles. The Labute approximate surface area is 106 Å². The molecule has 0 radical (unpaired) electrons. The number of nitrogens with zero attached hydrogens (tertiary/aromatic N) is 2. The third-order valence-electron chi connectivity index (χ3n) is 3.10. The summed E-state index contributed by atoms with van der Waals surface area (Å²) in [5.74, 6) is 0.124. The van der Waals surface area contributed by atoms with E-state index >= 15 is 0 Å². The number of hydrogen-bond donors (Lipinski definition) is 1. The summed E-state index contributed by atoms with van der Waals surface area (Å²) in [6.45, 7) is 2.32. The zero-order valence-electron chi connectivity index (χ0n) is 9.82. The molecule has 0 aliphatic carbocycles. The maximum atomic E-state index is 11.7. The van der Waals surface area contributed by atoms with E-state index < -0.39 is 0 Å². The predicted octanol–water partition coefficient (Wildman–Crippen LogP) is 1.08. The van der Waals surface area contributed by atoms with E-state index in [0.717, 1.165) is 24.3 Å². The fraction of sp³-hybridized carbons (Fsp3) is 0.417. The highest BCUT2D eigenvalue weighted by Crippen LogP contribution is 2.27. The van der Waals surface area contributed by atoms with Gasteiger partial charge in [-0.05, 0) is 12.1 Å². The van der Waals surface area contributed by atoms with Gasteiger partial charge in [0.25, 0.3) is 0 Å². The van der Waals surface area contributed by atoms with Gasteiger partial charge in [-0.25, -0.2) is 0 Å². The molecule has 2 N–H and O–H groups in total. The van der Waals surface area contributed by atoms with E-state index in [4.69, 9.17) is 17.3 Å². The molecule has 1 aliphatic rings. The SMILES string of the molecule is CN1CCN(c2cccc(Cl)c2CN)CC1=O. The van der Waals surface area contributed by atoms with Crippen LogP contribution in [-0.4, -0.2) is 37.5 Å². The Morgan fingerprint density at radius 2 is 2.18 bits per heavy atom. The average Bonchev–Trinajstić information content (AvgIpc) is 2.32. The third kappa shape index (κ3) is 2.37. The Morgan fingerprint density at radius 3 is 2.82 bits per heavy atom. The quantitative estimate of drug-likeness (QED) is 0.858. The Morgan fingerprint density at radius 1 is 1.41 bits per heavy atom. The average molecular weight is 254 g/mol. The highest BCUT2D eigenvalue weighted by molar-refractivity contribution is 6.31. The lowest BCUT2D eigenvalue weighted by Gasteiger charge is -2.34. The first-order chi connectivity index (χ1) is 8.13. The fourth-order valence-electron chi connectivity index (χ4n) is 2.01. The molecule has 1 aromatic carbocycles. The predicted molar refractivity (Wildman–Crippen MR) is 69.2 cm³/mol. The number of hydrogen-bond acceptors (Lipinski definition) is 3. The summed E-state index contributed by atoms with van der Waals surface area (Å²) < 4.78 is 0. The van der Waals surface area contributed by atoms with Gasteiger partial charge in [-0.2, -0.15) is 0 Å². The summed E-state index contributed by atoms with van der Waals surface area (Å²) in [5, 5.41) is 0.663. The topological polar surface area (TPSA) is 49.6 Å². The molecule has 0 saturated carbocycles. The van der Waals surface area contributed by atoms with Crippen molar-refractivity contribution in [2.45, 2.75) is 6.54 Å². The van der Waals surface area contributed by atoms with Gasteiger partial charge in [-0.15, -0.1) is 0 Å². The lowest BCUT2D eigenvalue weighted by molar-refractivity contribution is -0.129. The highest BCUT2D eigenvalue weighted by Gasteiger charge is 2.23. The maximum Gasteiger partial charge on any atom is 0.241 e. The van der Waals surface area contributed by atoms with Gasteiger partial charge in [0.15, 0.2) is 0 Å². The van der Waals surface area contributed by atoms with Crippen molar-refractivity contribution in [2.24, 2.45) is 5.73 Å². The lowest BCUT2D eigenvalue weighted by atomic mass is 10.1. The molecular weight excluding hydrogens is 238 g/mol. The van der Waals surface area contributed by atoms with Crippen molar-refractivity contribution in [3.63, 3.8) is 0 Å². The van der Waals surface area contributed by atoms with Gasteiger partial charge in [0.2, 0.25) is 5.91 Å². The molecule has 0 bridgehead atoms. The van der Waals surface area contributed by atoms with E-state index in [-0.39, 0.29) is 5.91 Å². The Balaban J connectivity index is 2.28. The molecule has 92 valence electrons. The van der Waals surface area contributed by atoms with Gasteiger partial charge in [0.05, 0.1) is 6.54 Å². The van der Waals surface area contributed by atoms with Crippen molar-refractivity contribution in [2.75, 3.05) is 31.6 Å². The van der Waals surface area contributed by atoms with Crippen LogP contribution in [0.1, 0.15) is 5.56 Å². The van der Waals surface area contributed by atoms with Gasteiger partial charge in [-0.3, -0.25) is 4.79 Å². The van der Waals surface area contributed by atoms with Gasteiger partial charge in [-0.1, -0.05) is 17.7 Å². The number of likely N-dealkylation sites (N-methyl/N-ethyl adjacent to an activating group) is 1. The largest absolute Gasteiger partial charge is 0.360 e. The summed E-state index contributed by atoms with van der Waals surface area (Å²) in [4.78, 5) is 15.5. The van der Waals surface area contributed by atoms with Gasteiger partial charge in [0, 0.05) is 43.0 Å². The van der Waals surface area contributed by atoms with Crippen molar-refractivity contribution in [1.29, 1.82) is 0 Å². The van der Waals surface area contributed by atoms with Crippen LogP contribution in [0.5, 0.6) is 0 Å². The van der Waals surface area contributed by atoms with Crippen LogP contribution < -0.4 is 10.6 Å². The van der Waals surface area contributed by atoms with Crippen LogP contribution in [0, 0.1) is 0 Å². The zero-order chi connectivity index (χ0) is 12.4. The number of nitrogens with two attached hydrogens (primary N) is 1.